The number of aliphatic hydroxyl groups excluding tert-OH is 1. The minimum absolute atomic E-state index is 0.206. The predicted octanol–water partition coefficient (Wildman–Crippen LogP) is 1.30. The molecule has 78 valence electrons. The maximum atomic E-state index is 12.8. The summed E-state index contributed by atoms with van der Waals surface area (Å²) in [5.41, 5.74) is 5.90. The zero-order valence-corrected chi connectivity index (χ0v) is 7.94. The van der Waals surface area contributed by atoms with Crippen molar-refractivity contribution in [3.63, 3.8) is 0 Å². The van der Waals surface area contributed by atoms with Gasteiger partial charge in [-0.2, -0.15) is 0 Å². The number of halogens is 1. The minimum Gasteiger partial charge on any atom is -0.508 e. The number of hydrogen-bond acceptors (Lipinski definition) is 3. The molecule has 3 nitrogen and oxygen atoms in total. The van der Waals surface area contributed by atoms with Gasteiger partial charge in [-0.3, -0.25) is 0 Å². The second-order valence-electron chi connectivity index (χ2n) is 3.26. The largest absolute Gasteiger partial charge is 0.508 e. The fraction of sp³-hybridized carbons (Fsp3) is 0.400. The zero-order valence-electron chi connectivity index (χ0n) is 7.94. The molecule has 0 aliphatic heterocycles. The molecule has 0 amide bonds. The van der Waals surface area contributed by atoms with Gasteiger partial charge in [0.25, 0.3) is 0 Å². The van der Waals surface area contributed by atoms with E-state index in [0.717, 1.165) is 6.07 Å². The second kappa shape index (κ2) is 4.39. The molecule has 0 aliphatic rings. The third-order valence-electron chi connectivity index (χ3n) is 2.12. The second-order valence-corrected chi connectivity index (χ2v) is 3.26. The Balaban J connectivity index is 2.94. The standard InChI is InChI=1S/C10H14FNO2/c1-2-9(12)10(14)6-3-7(11)5-8(13)4-6/h3-5,9-10,13-14H,2,12H2,1H3. The molecule has 0 radical (unpaired) electrons. The first-order chi connectivity index (χ1) is 6.54. The van der Waals surface area contributed by atoms with Crippen LogP contribution >= 0.6 is 0 Å². The Labute approximate surface area is 82.0 Å². The molecule has 14 heavy (non-hydrogen) atoms. The highest BCUT2D eigenvalue weighted by atomic mass is 19.1. The van der Waals surface area contributed by atoms with Gasteiger partial charge in [0.1, 0.15) is 11.6 Å². The number of phenolic OH excluding ortho intramolecular Hbond substituents is 1. The van der Waals surface area contributed by atoms with Gasteiger partial charge >= 0.3 is 0 Å². The summed E-state index contributed by atoms with van der Waals surface area (Å²) in [5.74, 6) is -0.787. The fourth-order valence-electron chi connectivity index (χ4n) is 1.24. The third-order valence-corrected chi connectivity index (χ3v) is 2.12. The minimum atomic E-state index is -0.943. The zero-order chi connectivity index (χ0) is 10.7. The van der Waals surface area contributed by atoms with Crippen molar-refractivity contribution in [2.24, 2.45) is 5.73 Å². The number of aromatic hydroxyl groups is 1. The van der Waals surface area contributed by atoms with Crippen molar-refractivity contribution in [1.29, 1.82) is 0 Å². The fourth-order valence-corrected chi connectivity index (χ4v) is 1.24. The average molecular weight is 199 g/mol. The SMILES string of the molecule is CCC(N)C(O)c1cc(O)cc(F)c1. The van der Waals surface area contributed by atoms with Gasteiger partial charge in [-0.15, -0.1) is 0 Å². The Kier molecular flexibility index (Phi) is 3.43. The summed E-state index contributed by atoms with van der Waals surface area (Å²) in [7, 11) is 0. The topological polar surface area (TPSA) is 66.5 Å². The molecule has 1 aromatic rings. The van der Waals surface area contributed by atoms with Crippen LogP contribution < -0.4 is 5.73 Å². The average Bonchev–Trinajstić information content (AvgIpc) is 2.14. The summed E-state index contributed by atoms with van der Waals surface area (Å²) < 4.78 is 12.8. The van der Waals surface area contributed by atoms with Crippen molar-refractivity contribution in [3.8, 4) is 5.75 Å². The summed E-state index contributed by atoms with van der Waals surface area (Å²) in [5, 5.41) is 18.7. The van der Waals surface area contributed by atoms with Crippen LogP contribution in [0.4, 0.5) is 4.39 Å². The number of hydrogen-bond donors (Lipinski definition) is 3. The van der Waals surface area contributed by atoms with E-state index in [4.69, 9.17) is 10.8 Å². The van der Waals surface area contributed by atoms with Gasteiger partial charge in [0, 0.05) is 12.1 Å². The van der Waals surface area contributed by atoms with E-state index in [0.29, 0.717) is 12.0 Å². The Morgan fingerprint density at radius 2 is 2.07 bits per heavy atom. The molecule has 0 spiro atoms. The van der Waals surface area contributed by atoms with Gasteiger partial charge in [0.05, 0.1) is 6.10 Å². The van der Waals surface area contributed by atoms with Gasteiger partial charge in [0.2, 0.25) is 0 Å². The first kappa shape index (κ1) is 10.9. The molecule has 2 atom stereocenters. The van der Waals surface area contributed by atoms with E-state index >= 15 is 0 Å². The molecule has 0 saturated carbocycles. The number of nitrogens with two attached hydrogens (primary N) is 1. The molecule has 2 unspecified atom stereocenters. The molecular formula is C10H14FNO2. The molecule has 4 heteroatoms. The molecule has 1 aromatic carbocycles. The molecule has 0 aliphatic carbocycles. The van der Waals surface area contributed by atoms with E-state index in [2.05, 4.69) is 0 Å². The highest BCUT2D eigenvalue weighted by molar-refractivity contribution is 5.30. The molecule has 4 N–H and O–H groups in total. The lowest BCUT2D eigenvalue weighted by molar-refractivity contribution is 0.143. The predicted molar refractivity (Wildman–Crippen MR) is 51.3 cm³/mol. The Morgan fingerprint density at radius 1 is 1.43 bits per heavy atom. The third kappa shape index (κ3) is 2.43. The van der Waals surface area contributed by atoms with Crippen molar-refractivity contribution >= 4 is 0 Å². The highest BCUT2D eigenvalue weighted by Crippen LogP contribution is 2.22. The van der Waals surface area contributed by atoms with Crippen molar-refractivity contribution < 1.29 is 14.6 Å². The van der Waals surface area contributed by atoms with Crippen molar-refractivity contribution in [1.82, 2.24) is 0 Å². The van der Waals surface area contributed by atoms with Crippen molar-refractivity contribution in [2.45, 2.75) is 25.5 Å². The lowest BCUT2D eigenvalue weighted by Crippen LogP contribution is -2.27. The molecule has 0 aromatic heterocycles. The normalized spacial score (nSPS) is 15.1. The van der Waals surface area contributed by atoms with E-state index in [1.54, 1.807) is 0 Å². The number of benzene rings is 1. The summed E-state index contributed by atoms with van der Waals surface area (Å²) in [6.45, 7) is 1.83. The maximum absolute atomic E-state index is 12.8. The van der Waals surface area contributed by atoms with Crippen molar-refractivity contribution in [2.75, 3.05) is 0 Å². The van der Waals surface area contributed by atoms with Crippen LogP contribution in [0, 0.1) is 5.82 Å². The monoisotopic (exact) mass is 199 g/mol. The molecule has 0 bridgehead atoms. The summed E-state index contributed by atoms with van der Waals surface area (Å²) in [4.78, 5) is 0. The molecule has 0 heterocycles. The van der Waals surface area contributed by atoms with Crippen LogP contribution in [0.15, 0.2) is 18.2 Å². The lowest BCUT2D eigenvalue weighted by Gasteiger charge is -2.17. The summed E-state index contributed by atoms with van der Waals surface area (Å²) in [6.07, 6.45) is -0.361. The molecule has 0 saturated heterocycles. The first-order valence-electron chi connectivity index (χ1n) is 4.47. The van der Waals surface area contributed by atoms with E-state index in [1.807, 2.05) is 6.92 Å². The van der Waals surface area contributed by atoms with Crippen LogP contribution in [0.5, 0.6) is 5.75 Å². The van der Waals surface area contributed by atoms with E-state index in [-0.39, 0.29) is 5.75 Å². The molecular weight excluding hydrogens is 185 g/mol. The van der Waals surface area contributed by atoms with Gasteiger partial charge in [-0.05, 0) is 24.1 Å². The van der Waals surface area contributed by atoms with Crippen LogP contribution in [-0.4, -0.2) is 16.3 Å². The summed E-state index contributed by atoms with van der Waals surface area (Å²) in [6, 6.07) is 3.01. The lowest BCUT2D eigenvalue weighted by atomic mass is 10.0. The number of aliphatic hydroxyl groups is 1. The van der Waals surface area contributed by atoms with Crippen LogP contribution in [0.25, 0.3) is 0 Å². The quantitative estimate of drug-likeness (QED) is 0.687. The number of rotatable bonds is 3. The van der Waals surface area contributed by atoms with Gasteiger partial charge in [-0.1, -0.05) is 6.92 Å². The van der Waals surface area contributed by atoms with E-state index in [9.17, 15) is 9.50 Å². The van der Waals surface area contributed by atoms with Crippen LogP contribution in [-0.2, 0) is 0 Å². The molecule has 1 rings (SSSR count). The highest BCUT2D eigenvalue weighted by Gasteiger charge is 2.16. The van der Waals surface area contributed by atoms with E-state index in [1.165, 1.54) is 12.1 Å². The van der Waals surface area contributed by atoms with E-state index < -0.39 is 18.0 Å². The van der Waals surface area contributed by atoms with Crippen LogP contribution in [0.2, 0.25) is 0 Å². The Hall–Kier alpha value is -1.13. The summed E-state index contributed by atoms with van der Waals surface area (Å²) >= 11 is 0. The van der Waals surface area contributed by atoms with Crippen LogP contribution in [0.1, 0.15) is 25.0 Å². The molecule has 0 fully saturated rings. The van der Waals surface area contributed by atoms with Crippen LogP contribution in [0.3, 0.4) is 0 Å². The van der Waals surface area contributed by atoms with Gasteiger partial charge in [-0.25, -0.2) is 4.39 Å². The maximum Gasteiger partial charge on any atom is 0.127 e. The van der Waals surface area contributed by atoms with Gasteiger partial charge < -0.3 is 15.9 Å². The Morgan fingerprint density at radius 3 is 2.57 bits per heavy atom. The van der Waals surface area contributed by atoms with Crippen molar-refractivity contribution in [3.05, 3.63) is 29.6 Å². The number of phenols is 1. The first-order valence-corrected chi connectivity index (χ1v) is 4.47. The smallest absolute Gasteiger partial charge is 0.127 e. The Bertz CT molecular complexity index is 297. The van der Waals surface area contributed by atoms with Gasteiger partial charge in [0.15, 0.2) is 0 Å².